The third kappa shape index (κ3) is 5.38. The number of fused-ring (bicyclic) bond motifs is 2. The van der Waals surface area contributed by atoms with E-state index in [1.54, 1.807) is 0 Å². The average Bonchev–Trinajstić information content (AvgIpc) is 3.18. The highest BCUT2D eigenvalue weighted by atomic mass is 19.4. The van der Waals surface area contributed by atoms with Crippen LogP contribution >= 0.6 is 0 Å². The molecule has 0 aliphatic heterocycles. The summed E-state index contributed by atoms with van der Waals surface area (Å²) in [5, 5.41) is 0. The second kappa shape index (κ2) is 8.90. The highest BCUT2D eigenvalue weighted by molar-refractivity contribution is 5.78. The summed E-state index contributed by atoms with van der Waals surface area (Å²) in [5.41, 5.74) is -2.67. The molecule has 11 heteroatoms. The number of carbonyl (C=O) groups is 2. The molecule has 0 radical (unpaired) electrons. The third-order valence-electron chi connectivity index (χ3n) is 6.26. The Balaban J connectivity index is 1.93. The molecule has 2 bridgehead atoms. The van der Waals surface area contributed by atoms with E-state index >= 15 is 0 Å². The molecule has 5 atom stereocenters. The largest absolute Gasteiger partial charge is 0.465 e. The van der Waals surface area contributed by atoms with Gasteiger partial charge in [-0.3, -0.25) is 9.59 Å². The predicted octanol–water partition coefficient (Wildman–Crippen LogP) is 5.15. The Morgan fingerprint density at radius 1 is 1.07 bits per heavy atom. The van der Waals surface area contributed by atoms with Crippen LogP contribution in [-0.4, -0.2) is 43.2 Å². The Hall–Kier alpha value is -1.55. The molecule has 2 saturated carbocycles. The maximum absolute atomic E-state index is 13.3. The van der Waals surface area contributed by atoms with Crippen molar-refractivity contribution in [1.82, 2.24) is 0 Å². The van der Waals surface area contributed by atoms with Crippen molar-refractivity contribution in [1.29, 1.82) is 0 Å². The van der Waals surface area contributed by atoms with Crippen LogP contribution in [0.15, 0.2) is 0 Å². The molecule has 2 aliphatic carbocycles. The van der Waals surface area contributed by atoms with Crippen LogP contribution in [0.1, 0.15) is 52.4 Å². The summed E-state index contributed by atoms with van der Waals surface area (Å²) < 4.78 is 100. The van der Waals surface area contributed by atoms with Gasteiger partial charge >= 0.3 is 18.1 Å². The van der Waals surface area contributed by atoms with Gasteiger partial charge < -0.3 is 9.47 Å². The number of alkyl halides is 7. The van der Waals surface area contributed by atoms with Crippen LogP contribution < -0.4 is 0 Å². The summed E-state index contributed by atoms with van der Waals surface area (Å²) in [4.78, 5) is 24.5. The van der Waals surface area contributed by atoms with Crippen molar-refractivity contribution in [3.8, 4) is 0 Å². The molecule has 0 aromatic heterocycles. The van der Waals surface area contributed by atoms with Crippen LogP contribution in [0.2, 0.25) is 0 Å². The van der Waals surface area contributed by atoms with Crippen molar-refractivity contribution >= 4 is 11.9 Å². The molecule has 0 aromatic rings. The molecule has 0 N–H and O–H groups in total. The van der Waals surface area contributed by atoms with Crippen LogP contribution in [0.25, 0.3) is 0 Å². The minimum Gasteiger partial charge on any atom is -0.465 e. The molecule has 30 heavy (non-hydrogen) atoms. The molecule has 174 valence electrons. The minimum atomic E-state index is -4.79. The molecule has 0 aromatic carbocycles. The molecule has 0 spiro atoms. The average molecular weight is 450 g/mol. The second-order valence-corrected chi connectivity index (χ2v) is 8.34. The summed E-state index contributed by atoms with van der Waals surface area (Å²) in [6.45, 7) is 1.23. The molecule has 4 nitrogen and oxygen atoms in total. The molecule has 5 unspecified atom stereocenters. The summed E-state index contributed by atoms with van der Waals surface area (Å²) >= 11 is 0. The van der Waals surface area contributed by atoms with Crippen molar-refractivity contribution in [2.24, 2.45) is 23.2 Å². The van der Waals surface area contributed by atoms with Gasteiger partial charge in [0.25, 0.3) is 5.92 Å². The predicted molar refractivity (Wildman–Crippen MR) is 89.8 cm³/mol. The van der Waals surface area contributed by atoms with Gasteiger partial charge in [-0.2, -0.15) is 13.2 Å². The monoisotopic (exact) mass is 450 g/mol. The van der Waals surface area contributed by atoms with E-state index in [9.17, 15) is 40.3 Å². The first-order valence-corrected chi connectivity index (χ1v) is 9.80. The Kier molecular flexibility index (Phi) is 7.33. The van der Waals surface area contributed by atoms with Crippen LogP contribution in [0.4, 0.5) is 30.7 Å². The van der Waals surface area contributed by atoms with E-state index in [4.69, 9.17) is 9.47 Å². The number of halogens is 7. The Morgan fingerprint density at radius 2 is 1.70 bits per heavy atom. The van der Waals surface area contributed by atoms with Crippen molar-refractivity contribution in [3.63, 3.8) is 0 Å². The Bertz CT molecular complexity index is 637. The number of esters is 2. The zero-order valence-corrected chi connectivity index (χ0v) is 16.6. The molecule has 2 rings (SSSR count). The van der Waals surface area contributed by atoms with Gasteiger partial charge in [-0.25, -0.2) is 17.6 Å². The molecule has 0 amide bonds. The van der Waals surface area contributed by atoms with E-state index in [1.807, 2.05) is 0 Å². The Labute approximate surface area is 169 Å². The van der Waals surface area contributed by atoms with E-state index in [1.165, 1.54) is 6.92 Å². The first-order chi connectivity index (χ1) is 13.7. The van der Waals surface area contributed by atoms with Gasteiger partial charge in [0.15, 0.2) is 5.41 Å². The second-order valence-electron chi connectivity index (χ2n) is 8.34. The maximum atomic E-state index is 13.3. The molecule has 2 fully saturated rings. The Morgan fingerprint density at radius 3 is 2.20 bits per heavy atom. The maximum Gasteiger partial charge on any atom is 0.404 e. The van der Waals surface area contributed by atoms with Gasteiger partial charge in [0.2, 0.25) is 6.43 Å². The van der Waals surface area contributed by atoms with Crippen LogP contribution in [-0.2, 0) is 19.1 Å². The minimum absolute atomic E-state index is 0.0515. The number of ether oxygens (including phenoxy) is 2. The lowest BCUT2D eigenvalue weighted by atomic mass is 9.84. The van der Waals surface area contributed by atoms with Gasteiger partial charge in [-0.15, -0.1) is 0 Å². The van der Waals surface area contributed by atoms with Crippen LogP contribution in [0.3, 0.4) is 0 Å². The van der Waals surface area contributed by atoms with Gasteiger partial charge in [0, 0.05) is 12.3 Å². The molecule has 0 heterocycles. The molecule has 2 aliphatic rings. The fourth-order valence-corrected chi connectivity index (χ4v) is 4.16. The lowest BCUT2D eigenvalue weighted by molar-refractivity contribution is -0.235. The number of hydrogen-bond donors (Lipinski definition) is 0. The highest BCUT2D eigenvalue weighted by Gasteiger charge is 2.59. The van der Waals surface area contributed by atoms with Gasteiger partial charge in [0.1, 0.15) is 6.10 Å². The van der Waals surface area contributed by atoms with Gasteiger partial charge in [-0.1, -0.05) is 6.92 Å². The highest BCUT2D eigenvalue weighted by Crippen LogP contribution is 2.51. The topological polar surface area (TPSA) is 52.6 Å². The number of carbonyl (C=O) groups excluding carboxylic acids is 2. The summed E-state index contributed by atoms with van der Waals surface area (Å²) in [6.07, 6.45) is -10.9. The van der Waals surface area contributed by atoms with Crippen molar-refractivity contribution in [2.75, 3.05) is 6.61 Å². The van der Waals surface area contributed by atoms with Crippen LogP contribution in [0, 0.1) is 23.2 Å². The molecular formula is C19H25F7O4. The van der Waals surface area contributed by atoms with E-state index in [-0.39, 0.29) is 5.92 Å². The summed E-state index contributed by atoms with van der Waals surface area (Å²) in [6, 6.07) is 0. The summed E-state index contributed by atoms with van der Waals surface area (Å²) in [7, 11) is 0. The normalized spacial score (nSPS) is 28.5. The fraction of sp³-hybridized carbons (Fsp3) is 0.895. The van der Waals surface area contributed by atoms with E-state index in [2.05, 4.69) is 0 Å². The van der Waals surface area contributed by atoms with Crippen molar-refractivity contribution in [2.45, 2.75) is 77.0 Å². The zero-order chi connectivity index (χ0) is 22.9. The van der Waals surface area contributed by atoms with E-state index in [0.717, 1.165) is 6.92 Å². The van der Waals surface area contributed by atoms with Crippen LogP contribution in [0.5, 0.6) is 0 Å². The lowest BCUT2D eigenvalue weighted by Crippen LogP contribution is -2.46. The SMILES string of the molecule is CCC(C)(C(=O)OC1CC2CC(C(=O)OCCC(F)(F)CC(F)F)C1C2)C(F)(F)F. The molecular weight excluding hydrogens is 425 g/mol. The standard InChI is InChI=1S/C19H25F7O4/c1-3-17(2,19(24,25)26)16(28)30-13-8-10-6-11(13)12(7-10)15(27)29-5-4-18(22,23)9-14(20)21/h10-14H,3-9H2,1-2H3. The van der Waals surface area contributed by atoms with Gasteiger partial charge in [0.05, 0.1) is 18.9 Å². The smallest absolute Gasteiger partial charge is 0.404 e. The molecule has 0 saturated heterocycles. The number of rotatable bonds is 9. The van der Waals surface area contributed by atoms with Crippen molar-refractivity contribution in [3.05, 3.63) is 0 Å². The first kappa shape index (κ1) is 24.7. The van der Waals surface area contributed by atoms with E-state index < -0.39 is 79.7 Å². The first-order valence-electron chi connectivity index (χ1n) is 9.80. The summed E-state index contributed by atoms with van der Waals surface area (Å²) in [5.74, 6) is -7.31. The number of hydrogen-bond acceptors (Lipinski definition) is 4. The fourth-order valence-electron chi connectivity index (χ4n) is 4.16. The lowest BCUT2D eigenvalue weighted by Gasteiger charge is -2.33. The zero-order valence-electron chi connectivity index (χ0n) is 16.6. The quantitative estimate of drug-likeness (QED) is 0.360. The van der Waals surface area contributed by atoms with E-state index in [0.29, 0.717) is 19.3 Å². The van der Waals surface area contributed by atoms with Gasteiger partial charge in [-0.05, 0) is 38.5 Å². The van der Waals surface area contributed by atoms with Crippen molar-refractivity contribution < 1.29 is 49.8 Å². The third-order valence-corrected chi connectivity index (χ3v) is 6.26.